The highest BCUT2D eigenvalue weighted by molar-refractivity contribution is 5.77. The molecule has 0 spiro atoms. The second kappa shape index (κ2) is 9.30. The maximum Gasteiger partial charge on any atom is 0.246 e. The molecule has 0 bridgehead atoms. The van der Waals surface area contributed by atoms with Crippen molar-refractivity contribution < 1.29 is 14.3 Å². The summed E-state index contributed by atoms with van der Waals surface area (Å²) in [6.45, 7) is 6.68. The Balaban J connectivity index is 2.07. The Morgan fingerprint density at radius 3 is 2.67 bits per heavy atom. The highest BCUT2D eigenvalue weighted by atomic mass is 16.5. The molecule has 0 unspecified atom stereocenters. The number of nitrogens with zero attached hydrogens (tertiary/aromatic N) is 1. The lowest BCUT2D eigenvalue weighted by atomic mass is 10.0. The second-order valence-corrected chi connectivity index (χ2v) is 4.73. The number of hydrogen-bond donors (Lipinski definition) is 1. The molecule has 0 radical (unpaired) electrons. The van der Waals surface area contributed by atoms with Crippen LogP contribution < -0.4 is 5.32 Å². The van der Waals surface area contributed by atoms with Crippen molar-refractivity contribution in [2.75, 3.05) is 46.6 Å². The summed E-state index contributed by atoms with van der Waals surface area (Å²) in [6.07, 6.45) is 3.29. The minimum atomic E-state index is -0.0138. The molecule has 5 nitrogen and oxygen atoms in total. The molecule has 1 aliphatic heterocycles. The van der Waals surface area contributed by atoms with E-state index in [0.29, 0.717) is 19.3 Å². The van der Waals surface area contributed by atoms with Gasteiger partial charge in [-0.1, -0.05) is 6.92 Å². The Morgan fingerprint density at radius 1 is 1.33 bits per heavy atom. The van der Waals surface area contributed by atoms with Crippen molar-refractivity contribution in [2.24, 2.45) is 0 Å². The summed E-state index contributed by atoms with van der Waals surface area (Å²) in [7, 11) is 1.62. The van der Waals surface area contributed by atoms with Gasteiger partial charge in [-0.3, -0.25) is 4.79 Å². The van der Waals surface area contributed by atoms with E-state index >= 15 is 0 Å². The lowest BCUT2D eigenvalue weighted by molar-refractivity contribution is -0.127. The first-order chi connectivity index (χ1) is 8.76. The molecular weight excluding hydrogens is 232 g/mol. The molecule has 0 atom stereocenters. The van der Waals surface area contributed by atoms with Gasteiger partial charge in [0, 0.05) is 26.2 Å². The van der Waals surface area contributed by atoms with Crippen LogP contribution >= 0.6 is 0 Å². The summed E-state index contributed by atoms with van der Waals surface area (Å²) in [5.74, 6) is -0.0138. The maximum absolute atomic E-state index is 11.6. The quantitative estimate of drug-likeness (QED) is 0.649. The van der Waals surface area contributed by atoms with E-state index < -0.39 is 0 Å². The molecule has 106 valence electrons. The predicted molar refractivity (Wildman–Crippen MR) is 70.6 cm³/mol. The predicted octanol–water partition coefficient (Wildman–Crippen LogP) is 0.640. The third kappa shape index (κ3) is 6.33. The monoisotopic (exact) mass is 258 g/mol. The van der Waals surface area contributed by atoms with Gasteiger partial charge >= 0.3 is 0 Å². The van der Waals surface area contributed by atoms with E-state index in [4.69, 9.17) is 9.47 Å². The van der Waals surface area contributed by atoms with Crippen LogP contribution in [-0.4, -0.2) is 63.4 Å². The summed E-state index contributed by atoms with van der Waals surface area (Å²) in [6, 6.07) is 0.316. The number of ether oxygens (including phenoxy) is 2. The number of nitrogens with one attached hydrogen (secondary N) is 1. The Labute approximate surface area is 110 Å². The van der Waals surface area contributed by atoms with E-state index in [9.17, 15) is 4.79 Å². The summed E-state index contributed by atoms with van der Waals surface area (Å²) >= 11 is 0. The minimum Gasteiger partial charge on any atom is -0.382 e. The topological polar surface area (TPSA) is 50.8 Å². The van der Waals surface area contributed by atoms with E-state index in [1.807, 2.05) is 0 Å². The normalized spacial score (nSPS) is 17.9. The van der Waals surface area contributed by atoms with Crippen molar-refractivity contribution in [2.45, 2.75) is 32.2 Å². The van der Waals surface area contributed by atoms with Gasteiger partial charge in [-0.2, -0.15) is 0 Å². The van der Waals surface area contributed by atoms with Crippen molar-refractivity contribution in [3.8, 4) is 0 Å². The number of methoxy groups -OCH3 is 1. The van der Waals surface area contributed by atoms with Gasteiger partial charge in [-0.25, -0.2) is 0 Å². The first-order valence-corrected chi connectivity index (χ1v) is 6.84. The fourth-order valence-electron chi connectivity index (χ4n) is 2.19. The highest BCUT2D eigenvalue weighted by Gasteiger charge is 2.19. The fraction of sp³-hybridized carbons (Fsp3) is 0.923. The molecule has 1 fully saturated rings. The third-order valence-corrected chi connectivity index (χ3v) is 3.16. The number of rotatable bonds is 8. The maximum atomic E-state index is 11.6. The molecule has 1 heterocycles. The Hall–Kier alpha value is -0.650. The van der Waals surface area contributed by atoms with Crippen LogP contribution in [0.4, 0.5) is 0 Å². The average Bonchev–Trinajstić information content (AvgIpc) is 2.37. The van der Waals surface area contributed by atoms with Crippen LogP contribution in [0.15, 0.2) is 0 Å². The van der Waals surface area contributed by atoms with Gasteiger partial charge in [0.25, 0.3) is 0 Å². The molecule has 5 heteroatoms. The zero-order chi connectivity index (χ0) is 13.2. The van der Waals surface area contributed by atoms with E-state index in [-0.39, 0.29) is 12.5 Å². The minimum absolute atomic E-state index is 0.0138. The van der Waals surface area contributed by atoms with E-state index in [0.717, 1.165) is 25.9 Å². The van der Waals surface area contributed by atoms with Gasteiger partial charge in [0.2, 0.25) is 5.91 Å². The first kappa shape index (κ1) is 15.4. The van der Waals surface area contributed by atoms with Gasteiger partial charge in [-0.15, -0.1) is 0 Å². The molecule has 1 amide bonds. The zero-order valence-corrected chi connectivity index (χ0v) is 11.6. The number of amides is 1. The highest BCUT2D eigenvalue weighted by Crippen LogP contribution is 2.10. The summed E-state index contributed by atoms with van der Waals surface area (Å²) in [4.78, 5) is 14.0. The lowest BCUT2D eigenvalue weighted by Gasteiger charge is -2.32. The molecular formula is C13H26N2O3. The summed E-state index contributed by atoms with van der Waals surface area (Å²) in [5.41, 5.74) is 0. The van der Waals surface area contributed by atoms with Crippen molar-refractivity contribution >= 4 is 5.91 Å². The molecule has 0 aromatic rings. The van der Waals surface area contributed by atoms with Crippen LogP contribution in [0.5, 0.6) is 0 Å². The van der Waals surface area contributed by atoms with Gasteiger partial charge in [0.05, 0.1) is 13.2 Å². The molecule has 1 saturated heterocycles. The lowest BCUT2D eigenvalue weighted by Crippen LogP contribution is -2.45. The molecule has 1 aliphatic rings. The van der Waals surface area contributed by atoms with Crippen molar-refractivity contribution in [3.05, 3.63) is 0 Å². The van der Waals surface area contributed by atoms with E-state index in [2.05, 4.69) is 17.1 Å². The fourth-order valence-corrected chi connectivity index (χ4v) is 2.19. The Bertz CT molecular complexity index is 228. The number of piperidine rings is 1. The van der Waals surface area contributed by atoms with Crippen LogP contribution in [0, 0.1) is 0 Å². The van der Waals surface area contributed by atoms with Gasteiger partial charge in [0.15, 0.2) is 0 Å². The van der Waals surface area contributed by atoms with Crippen LogP contribution in [0.2, 0.25) is 0 Å². The molecule has 0 aromatic carbocycles. The molecule has 1 N–H and O–H groups in total. The van der Waals surface area contributed by atoms with Crippen molar-refractivity contribution in [3.63, 3.8) is 0 Å². The van der Waals surface area contributed by atoms with Crippen LogP contribution in [0.25, 0.3) is 0 Å². The number of likely N-dealkylation sites (tertiary alicyclic amines) is 1. The Kier molecular flexibility index (Phi) is 7.96. The largest absolute Gasteiger partial charge is 0.382 e. The molecule has 1 rings (SSSR count). The van der Waals surface area contributed by atoms with Crippen molar-refractivity contribution in [1.29, 1.82) is 0 Å². The number of hydrogen-bond acceptors (Lipinski definition) is 4. The van der Waals surface area contributed by atoms with Crippen molar-refractivity contribution in [1.82, 2.24) is 10.2 Å². The van der Waals surface area contributed by atoms with Crippen LogP contribution in [0.1, 0.15) is 26.2 Å². The number of carbonyl (C=O) groups is 1. The number of carbonyl (C=O) groups excluding carboxylic acids is 1. The molecule has 0 aliphatic carbocycles. The SMILES string of the molecule is CCCN1CCC(NC(=O)COCCOC)CC1. The molecule has 18 heavy (non-hydrogen) atoms. The zero-order valence-electron chi connectivity index (χ0n) is 11.6. The van der Waals surface area contributed by atoms with Gasteiger partial charge < -0.3 is 19.7 Å². The smallest absolute Gasteiger partial charge is 0.246 e. The van der Waals surface area contributed by atoms with Gasteiger partial charge in [-0.05, 0) is 25.8 Å². The standard InChI is InChI=1S/C13H26N2O3/c1-3-6-15-7-4-12(5-8-15)14-13(16)11-18-10-9-17-2/h12H,3-11H2,1-2H3,(H,14,16). The molecule has 0 saturated carbocycles. The summed E-state index contributed by atoms with van der Waals surface area (Å²) in [5, 5.41) is 3.03. The third-order valence-electron chi connectivity index (χ3n) is 3.16. The van der Waals surface area contributed by atoms with Crippen LogP contribution in [0.3, 0.4) is 0 Å². The second-order valence-electron chi connectivity index (χ2n) is 4.73. The first-order valence-electron chi connectivity index (χ1n) is 6.84. The Morgan fingerprint density at radius 2 is 2.06 bits per heavy atom. The molecule has 0 aromatic heterocycles. The van der Waals surface area contributed by atoms with Gasteiger partial charge in [0.1, 0.15) is 6.61 Å². The van der Waals surface area contributed by atoms with E-state index in [1.54, 1.807) is 7.11 Å². The van der Waals surface area contributed by atoms with E-state index in [1.165, 1.54) is 13.0 Å². The van der Waals surface area contributed by atoms with Crippen LogP contribution in [-0.2, 0) is 14.3 Å². The average molecular weight is 258 g/mol. The summed E-state index contributed by atoms with van der Waals surface area (Å²) < 4.78 is 10.0.